The molecule has 0 saturated carbocycles. The highest BCUT2D eigenvalue weighted by Crippen LogP contribution is 2.12. The summed E-state index contributed by atoms with van der Waals surface area (Å²) in [5.74, 6) is -0.896. The third-order valence-corrected chi connectivity index (χ3v) is 2.37. The summed E-state index contributed by atoms with van der Waals surface area (Å²) >= 11 is 0. The SMILES string of the molecule is CC(=O)c1cccc(-n2nnnc2/C=C/C(=O)O)c1. The fourth-order valence-electron chi connectivity index (χ4n) is 1.48. The quantitative estimate of drug-likeness (QED) is 0.648. The van der Waals surface area contributed by atoms with Crippen LogP contribution in [0.5, 0.6) is 0 Å². The lowest BCUT2D eigenvalue weighted by atomic mass is 10.1. The van der Waals surface area contributed by atoms with E-state index < -0.39 is 5.97 Å². The number of hydrogen-bond acceptors (Lipinski definition) is 5. The monoisotopic (exact) mass is 258 g/mol. The van der Waals surface area contributed by atoms with E-state index in [-0.39, 0.29) is 11.6 Å². The van der Waals surface area contributed by atoms with Crippen molar-refractivity contribution >= 4 is 17.8 Å². The van der Waals surface area contributed by atoms with Gasteiger partial charge in [0.05, 0.1) is 5.69 Å². The number of rotatable bonds is 4. The standard InChI is InChI=1S/C12H10N4O3/c1-8(17)9-3-2-4-10(7-9)16-11(13-14-15-16)5-6-12(18)19/h2-7H,1H3,(H,18,19)/b6-5+. The predicted octanol–water partition coefficient (Wildman–Crippen LogP) is 0.963. The third kappa shape index (κ3) is 2.89. The van der Waals surface area contributed by atoms with Crippen molar-refractivity contribution in [2.75, 3.05) is 0 Å². The molecule has 7 nitrogen and oxygen atoms in total. The van der Waals surface area contributed by atoms with Crippen LogP contribution in [0, 0.1) is 0 Å². The first-order valence-electron chi connectivity index (χ1n) is 5.38. The summed E-state index contributed by atoms with van der Waals surface area (Å²) in [5, 5.41) is 19.5. The van der Waals surface area contributed by atoms with Crippen molar-refractivity contribution in [2.24, 2.45) is 0 Å². The average Bonchev–Trinajstić information content (AvgIpc) is 2.84. The minimum Gasteiger partial charge on any atom is -0.478 e. The highest BCUT2D eigenvalue weighted by Gasteiger charge is 2.07. The lowest BCUT2D eigenvalue weighted by molar-refractivity contribution is -0.131. The molecule has 0 bridgehead atoms. The van der Waals surface area contributed by atoms with Gasteiger partial charge in [0.25, 0.3) is 0 Å². The van der Waals surface area contributed by atoms with Crippen LogP contribution in [-0.2, 0) is 4.79 Å². The second-order valence-electron chi connectivity index (χ2n) is 3.73. The van der Waals surface area contributed by atoms with Crippen molar-refractivity contribution in [1.29, 1.82) is 0 Å². The van der Waals surface area contributed by atoms with Crippen LogP contribution >= 0.6 is 0 Å². The van der Waals surface area contributed by atoms with Crippen molar-refractivity contribution in [2.45, 2.75) is 6.92 Å². The molecule has 0 fully saturated rings. The van der Waals surface area contributed by atoms with Crippen molar-refractivity contribution in [3.05, 3.63) is 41.7 Å². The summed E-state index contributed by atoms with van der Waals surface area (Å²) in [5.41, 5.74) is 1.11. The highest BCUT2D eigenvalue weighted by molar-refractivity contribution is 5.94. The molecule has 0 atom stereocenters. The number of aliphatic carboxylic acids is 1. The van der Waals surface area contributed by atoms with Gasteiger partial charge < -0.3 is 5.11 Å². The molecule has 0 unspecified atom stereocenters. The Bertz CT molecular complexity index is 660. The van der Waals surface area contributed by atoms with Crippen molar-refractivity contribution in [1.82, 2.24) is 20.2 Å². The van der Waals surface area contributed by atoms with E-state index in [4.69, 9.17) is 5.11 Å². The molecule has 96 valence electrons. The van der Waals surface area contributed by atoms with Gasteiger partial charge in [-0.1, -0.05) is 12.1 Å². The Morgan fingerprint density at radius 1 is 1.37 bits per heavy atom. The number of carboxylic acids is 1. The van der Waals surface area contributed by atoms with Crippen LogP contribution < -0.4 is 0 Å². The number of benzene rings is 1. The molecule has 0 saturated heterocycles. The number of nitrogens with zero attached hydrogens (tertiary/aromatic N) is 4. The number of aromatic nitrogens is 4. The molecule has 19 heavy (non-hydrogen) atoms. The maximum Gasteiger partial charge on any atom is 0.328 e. The van der Waals surface area contributed by atoms with Crippen LogP contribution in [0.1, 0.15) is 23.1 Å². The molecule has 2 rings (SSSR count). The topological polar surface area (TPSA) is 98.0 Å². The van der Waals surface area contributed by atoms with Gasteiger partial charge in [0.1, 0.15) is 0 Å². The minimum atomic E-state index is -1.09. The molecule has 0 spiro atoms. The van der Waals surface area contributed by atoms with E-state index in [1.54, 1.807) is 24.3 Å². The number of ketones is 1. The summed E-state index contributed by atoms with van der Waals surface area (Å²) < 4.78 is 1.35. The maximum absolute atomic E-state index is 11.3. The Kier molecular flexibility index (Phi) is 3.46. The van der Waals surface area contributed by atoms with Gasteiger partial charge in [0, 0.05) is 11.6 Å². The van der Waals surface area contributed by atoms with Crippen LogP contribution in [0.25, 0.3) is 11.8 Å². The van der Waals surface area contributed by atoms with E-state index in [1.165, 1.54) is 17.7 Å². The number of hydrogen-bond donors (Lipinski definition) is 1. The normalized spacial score (nSPS) is 10.8. The van der Waals surface area contributed by atoms with E-state index in [0.29, 0.717) is 11.3 Å². The molecular weight excluding hydrogens is 248 g/mol. The molecule has 0 aliphatic heterocycles. The van der Waals surface area contributed by atoms with E-state index in [2.05, 4.69) is 15.5 Å². The van der Waals surface area contributed by atoms with Crippen LogP contribution in [-0.4, -0.2) is 37.1 Å². The first-order valence-corrected chi connectivity index (χ1v) is 5.38. The Morgan fingerprint density at radius 3 is 2.84 bits per heavy atom. The van der Waals surface area contributed by atoms with E-state index in [0.717, 1.165) is 6.08 Å². The van der Waals surface area contributed by atoms with E-state index in [1.807, 2.05) is 0 Å². The average molecular weight is 258 g/mol. The Labute approximate surface area is 108 Å². The molecule has 1 aromatic heterocycles. The molecule has 0 amide bonds. The largest absolute Gasteiger partial charge is 0.478 e. The smallest absolute Gasteiger partial charge is 0.328 e. The number of carboxylic acid groups (broad SMARTS) is 1. The molecule has 0 radical (unpaired) electrons. The van der Waals surface area contributed by atoms with E-state index >= 15 is 0 Å². The fourth-order valence-corrected chi connectivity index (χ4v) is 1.48. The van der Waals surface area contributed by atoms with Gasteiger partial charge in [0.15, 0.2) is 11.6 Å². The maximum atomic E-state index is 11.3. The molecule has 1 N–H and O–H groups in total. The molecule has 1 heterocycles. The van der Waals surface area contributed by atoms with Gasteiger partial charge in [-0.3, -0.25) is 4.79 Å². The minimum absolute atomic E-state index is 0.0717. The van der Waals surface area contributed by atoms with Crippen molar-refractivity contribution in [3.8, 4) is 5.69 Å². The first kappa shape index (κ1) is 12.6. The Balaban J connectivity index is 2.42. The zero-order chi connectivity index (χ0) is 13.8. The van der Waals surface area contributed by atoms with Gasteiger partial charge in [0.2, 0.25) is 0 Å². The van der Waals surface area contributed by atoms with E-state index in [9.17, 15) is 9.59 Å². The van der Waals surface area contributed by atoms with Gasteiger partial charge in [-0.15, -0.1) is 5.10 Å². The molecule has 2 aromatic rings. The zero-order valence-electron chi connectivity index (χ0n) is 10.0. The van der Waals surface area contributed by atoms with Crippen LogP contribution in [0.2, 0.25) is 0 Å². The highest BCUT2D eigenvalue weighted by atomic mass is 16.4. The van der Waals surface area contributed by atoms with Gasteiger partial charge in [-0.25, -0.2) is 4.79 Å². The summed E-state index contributed by atoms with van der Waals surface area (Å²) in [4.78, 5) is 21.8. The zero-order valence-corrected chi connectivity index (χ0v) is 10.0. The molecule has 0 aliphatic rings. The lowest BCUT2D eigenvalue weighted by Gasteiger charge is -2.03. The number of Topliss-reactive ketones (excluding diaryl/α,β-unsaturated/α-hetero) is 1. The van der Waals surface area contributed by atoms with Crippen LogP contribution in [0.3, 0.4) is 0 Å². The van der Waals surface area contributed by atoms with Gasteiger partial charge in [-0.2, -0.15) is 4.68 Å². The van der Waals surface area contributed by atoms with Crippen molar-refractivity contribution in [3.63, 3.8) is 0 Å². The first-order chi connectivity index (χ1) is 9.08. The lowest BCUT2D eigenvalue weighted by Crippen LogP contribution is -2.02. The Hall–Kier alpha value is -2.83. The second-order valence-corrected chi connectivity index (χ2v) is 3.73. The number of tetrazole rings is 1. The van der Waals surface area contributed by atoms with Gasteiger partial charge in [-0.05, 0) is 35.6 Å². The third-order valence-electron chi connectivity index (χ3n) is 2.37. The predicted molar refractivity (Wildman–Crippen MR) is 65.8 cm³/mol. The summed E-state index contributed by atoms with van der Waals surface area (Å²) in [6.45, 7) is 1.46. The molecular formula is C12H10N4O3. The molecule has 1 aromatic carbocycles. The number of carbonyl (C=O) groups excluding carboxylic acids is 1. The Morgan fingerprint density at radius 2 is 2.16 bits per heavy atom. The van der Waals surface area contributed by atoms with Gasteiger partial charge >= 0.3 is 5.97 Å². The fraction of sp³-hybridized carbons (Fsp3) is 0.0833. The summed E-state index contributed by atoms with van der Waals surface area (Å²) in [6, 6.07) is 6.75. The summed E-state index contributed by atoms with van der Waals surface area (Å²) in [6.07, 6.45) is 2.22. The second kappa shape index (κ2) is 5.21. The number of carbonyl (C=O) groups is 2. The van der Waals surface area contributed by atoms with Crippen LogP contribution in [0.4, 0.5) is 0 Å². The molecule has 7 heteroatoms. The molecule has 0 aliphatic carbocycles. The van der Waals surface area contributed by atoms with Crippen molar-refractivity contribution < 1.29 is 14.7 Å². The summed E-state index contributed by atoms with van der Waals surface area (Å²) in [7, 11) is 0. The van der Waals surface area contributed by atoms with Crippen LogP contribution in [0.15, 0.2) is 30.3 Å².